The summed E-state index contributed by atoms with van der Waals surface area (Å²) in [6.45, 7) is 4.72. The Bertz CT molecular complexity index is 3450. The van der Waals surface area contributed by atoms with Crippen LogP contribution in [0.15, 0.2) is 243 Å². The van der Waals surface area contributed by atoms with Gasteiger partial charge in [0.1, 0.15) is 0 Å². The normalized spacial score (nSPS) is 14.1. The lowest BCUT2D eigenvalue weighted by atomic mass is 9.64. The van der Waals surface area contributed by atoms with Gasteiger partial charge < -0.3 is 9.80 Å². The molecule has 1 spiro atoms. The molecule has 0 saturated heterocycles. The molecule has 0 aromatic heterocycles. The molecule has 0 amide bonds. The maximum absolute atomic E-state index is 2.45. The summed E-state index contributed by atoms with van der Waals surface area (Å²) in [6.07, 6.45) is 0. The molecular formula is C64H46N2. The molecule has 0 fully saturated rings. The van der Waals surface area contributed by atoms with Gasteiger partial charge in [-0.3, -0.25) is 0 Å². The molecule has 2 nitrogen and oxygen atoms in total. The minimum Gasteiger partial charge on any atom is -0.310 e. The van der Waals surface area contributed by atoms with Gasteiger partial charge in [-0.25, -0.2) is 0 Å². The van der Waals surface area contributed by atoms with Crippen molar-refractivity contribution < 1.29 is 0 Å². The second kappa shape index (κ2) is 14.7. The smallest absolute Gasteiger partial charge is 0.0754 e. The lowest BCUT2D eigenvalue weighted by Gasteiger charge is -2.45. The lowest BCUT2D eigenvalue weighted by molar-refractivity contribution is 0.660. The summed E-state index contributed by atoms with van der Waals surface area (Å²) in [5.41, 5.74) is 24.3. The Balaban J connectivity index is 0.963. The van der Waals surface area contributed by atoms with Gasteiger partial charge in [-0.05, 0) is 139 Å². The van der Waals surface area contributed by atoms with Crippen LogP contribution in [0.4, 0.5) is 34.1 Å². The van der Waals surface area contributed by atoms with Gasteiger partial charge in [-0.2, -0.15) is 0 Å². The Hall–Kier alpha value is -8.20. The van der Waals surface area contributed by atoms with Crippen LogP contribution in [-0.4, -0.2) is 0 Å². The van der Waals surface area contributed by atoms with Gasteiger partial charge in [0.05, 0.1) is 16.8 Å². The number of hydrogen-bond acceptors (Lipinski definition) is 2. The van der Waals surface area contributed by atoms with Crippen molar-refractivity contribution in [1.29, 1.82) is 0 Å². The molecular weight excluding hydrogens is 797 g/mol. The highest BCUT2D eigenvalue weighted by Gasteiger charge is 2.52. The molecule has 66 heavy (non-hydrogen) atoms. The average molecular weight is 843 g/mol. The Morgan fingerprint density at radius 2 is 0.788 bits per heavy atom. The van der Waals surface area contributed by atoms with E-state index in [0.717, 1.165) is 22.7 Å². The van der Waals surface area contributed by atoms with E-state index < -0.39 is 5.41 Å². The molecule has 10 aromatic carbocycles. The molecule has 0 radical (unpaired) electrons. The predicted molar refractivity (Wildman–Crippen MR) is 275 cm³/mol. The third-order valence-electron chi connectivity index (χ3n) is 14.7. The van der Waals surface area contributed by atoms with Crippen LogP contribution in [-0.2, 0) is 10.8 Å². The first-order valence-electron chi connectivity index (χ1n) is 23.1. The minimum absolute atomic E-state index is 0.116. The number of anilines is 6. The second-order valence-electron chi connectivity index (χ2n) is 18.4. The standard InChI is InChI=1S/C64H46N2/c1-63(2)54-25-11-9-22-51(54)52-41-40-49(42-59(52)63)65(47-36-32-44(33-37-47)43-18-5-3-6-19-43)48-38-34-45(35-39-48)50-24-17-29-58-62(50)53-23-10-12-26-55(53)64(58)56-27-13-15-30-60(56)66(46-20-7-4-8-21-46)61-31-16-14-28-57(61)64/h3-42H,1-2H3. The molecule has 10 aromatic rings. The summed E-state index contributed by atoms with van der Waals surface area (Å²) in [6, 6.07) is 89.9. The van der Waals surface area contributed by atoms with Gasteiger partial charge in [-0.1, -0.05) is 196 Å². The first-order chi connectivity index (χ1) is 32.5. The van der Waals surface area contributed by atoms with Crippen LogP contribution in [0.2, 0.25) is 0 Å². The molecule has 3 aliphatic rings. The SMILES string of the molecule is CC1(C)c2ccccc2-c2ccc(N(c3ccc(-c4ccccc4)cc3)c3ccc(-c4cccc5c4-c4ccccc4C54c5ccccc5N(c5ccccc5)c5ccccc54)cc3)cc21. The maximum Gasteiger partial charge on any atom is 0.0754 e. The van der Waals surface area contributed by atoms with Crippen LogP contribution in [0, 0.1) is 0 Å². The monoisotopic (exact) mass is 842 g/mol. The van der Waals surface area contributed by atoms with Crippen molar-refractivity contribution in [3.63, 3.8) is 0 Å². The molecule has 0 N–H and O–H groups in total. The molecule has 1 aliphatic heterocycles. The van der Waals surface area contributed by atoms with Gasteiger partial charge in [0.15, 0.2) is 0 Å². The number of para-hydroxylation sites is 3. The molecule has 2 aliphatic carbocycles. The number of hydrogen-bond donors (Lipinski definition) is 0. The van der Waals surface area contributed by atoms with E-state index in [1.54, 1.807) is 0 Å². The maximum atomic E-state index is 2.45. The molecule has 0 unspecified atom stereocenters. The second-order valence-corrected chi connectivity index (χ2v) is 18.4. The summed E-state index contributed by atoms with van der Waals surface area (Å²) in [7, 11) is 0. The summed E-state index contributed by atoms with van der Waals surface area (Å²) in [5, 5.41) is 0. The zero-order valence-corrected chi connectivity index (χ0v) is 37.0. The van der Waals surface area contributed by atoms with Crippen molar-refractivity contribution in [1.82, 2.24) is 0 Å². The first-order valence-corrected chi connectivity index (χ1v) is 23.1. The fraction of sp³-hybridized carbons (Fsp3) is 0.0625. The highest BCUT2D eigenvalue weighted by molar-refractivity contribution is 6.00. The Kier molecular flexibility index (Phi) is 8.51. The predicted octanol–water partition coefficient (Wildman–Crippen LogP) is 16.9. The fourth-order valence-corrected chi connectivity index (χ4v) is 11.8. The molecule has 0 atom stereocenters. The largest absolute Gasteiger partial charge is 0.310 e. The van der Waals surface area contributed by atoms with Gasteiger partial charge >= 0.3 is 0 Å². The Labute approximate surface area is 387 Å². The number of nitrogens with zero attached hydrogens (tertiary/aromatic N) is 2. The van der Waals surface area contributed by atoms with E-state index in [4.69, 9.17) is 0 Å². The van der Waals surface area contributed by atoms with Crippen molar-refractivity contribution in [2.24, 2.45) is 0 Å². The molecule has 13 rings (SSSR count). The van der Waals surface area contributed by atoms with E-state index >= 15 is 0 Å². The van der Waals surface area contributed by atoms with E-state index in [2.05, 4.69) is 266 Å². The average Bonchev–Trinajstić information content (AvgIpc) is 3.80. The number of rotatable bonds is 6. The van der Waals surface area contributed by atoms with Crippen molar-refractivity contribution in [2.45, 2.75) is 24.7 Å². The van der Waals surface area contributed by atoms with Crippen LogP contribution in [0.5, 0.6) is 0 Å². The van der Waals surface area contributed by atoms with Gasteiger partial charge in [0.25, 0.3) is 0 Å². The molecule has 1 heterocycles. The van der Waals surface area contributed by atoms with Gasteiger partial charge in [0.2, 0.25) is 0 Å². The quantitative estimate of drug-likeness (QED) is 0.165. The third kappa shape index (κ3) is 5.48. The third-order valence-corrected chi connectivity index (χ3v) is 14.7. The molecule has 2 heteroatoms. The molecule has 0 saturated carbocycles. The van der Waals surface area contributed by atoms with E-state index in [-0.39, 0.29) is 5.41 Å². The summed E-state index contributed by atoms with van der Waals surface area (Å²) in [5.74, 6) is 0. The molecule has 312 valence electrons. The van der Waals surface area contributed by atoms with Gasteiger partial charge in [-0.15, -0.1) is 0 Å². The van der Waals surface area contributed by atoms with Crippen LogP contribution in [0.1, 0.15) is 47.2 Å². The molecule has 0 bridgehead atoms. The van der Waals surface area contributed by atoms with Crippen LogP contribution in [0.3, 0.4) is 0 Å². The zero-order chi connectivity index (χ0) is 44.0. The van der Waals surface area contributed by atoms with E-state index in [9.17, 15) is 0 Å². The van der Waals surface area contributed by atoms with Crippen LogP contribution in [0.25, 0.3) is 44.5 Å². The van der Waals surface area contributed by atoms with Crippen molar-refractivity contribution in [3.8, 4) is 44.5 Å². The summed E-state index contributed by atoms with van der Waals surface area (Å²) < 4.78 is 0. The Morgan fingerprint density at radius 1 is 0.318 bits per heavy atom. The van der Waals surface area contributed by atoms with E-state index in [1.165, 1.54) is 89.3 Å². The van der Waals surface area contributed by atoms with Crippen LogP contribution >= 0.6 is 0 Å². The Morgan fingerprint density at radius 3 is 1.45 bits per heavy atom. The van der Waals surface area contributed by atoms with Crippen molar-refractivity contribution >= 4 is 34.1 Å². The van der Waals surface area contributed by atoms with Crippen molar-refractivity contribution in [3.05, 3.63) is 276 Å². The zero-order valence-electron chi connectivity index (χ0n) is 37.0. The highest BCUT2D eigenvalue weighted by Crippen LogP contribution is 2.64. The first kappa shape index (κ1) is 38.3. The lowest BCUT2D eigenvalue weighted by Crippen LogP contribution is -2.36. The number of benzene rings is 10. The van der Waals surface area contributed by atoms with E-state index in [0.29, 0.717) is 0 Å². The van der Waals surface area contributed by atoms with Crippen LogP contribution < -0.4 is 9.80 Å². The van der Waals surface area contributed by atoms with Crippen molar-refractivity contribution in [2.75, 3.05) is 9.80 Å². The topological polar surface area (TPSA) is 6.48 Å². The highest BCUT2D eigenvalue weighted by atomic mass is 15.2. The minimum atomic E-state index is -0.510. The fourth-order valence-electron chi connectivity index (χ4n) is 11.8. The summed E-state index contributed by atoms with van der Waals surface area (Å²) in [4.78, 5) is 4.87. The van der Waals surface area contributed by atoms with E-state index in [1.807, 2.05) is 0 Å². The van der Waals surface area contributed by atoms with Gasteiger partial charge in [0, 0.05) is 28.2 Å². The summed E-state index contributed by atoms with van der Waals surface area (Å²) >= 11 is 0. The number of fused-ring (bicyclic) bond motifs is 12.